The van der Waals surface area contributed by atoms with Crippen LogP contribution in [0, 0.1) is 5.41 Å². The predicted octanol–water partition coefficient (Wildman–Crippen LogP) is 5.79. The molecule has 6 nitrogen and oxygen atoms in total. The minimum atomic E-state index is 0.115. The number of anilines is 1. The van der Waals surface area contributed by atoms with E-state index in [4.69, 9.17) is 14.0 Å². The van der Waals surface area contributed by atoms with Gasteiger partial charge in [0.25, 0.3) is 0 Å². The molecule has 4 aliphatic rings. The lowest BCUT2D eigenvalue weighted by molar-refractivity contribution is 0.272. The third kappa shape index (κ3) is 3.10. The predicted molar refractivity (Wildman–Crippen MR) is 116 cm³/mol. The molecule has 0 radical (unpaired) electrons. The largest absolute Gasteiger partial charge is 0.384 e. The summed E-state index contributed by atoms with van der Waals surface area (Å²) in [5, 5.41) is 12.3. The Morgan fingerprint density at radius 1 is 0.935 bits per heavy atom. The first-order valence-electron chi connectivity index (χ1n) is 11.9. The summed E-state index contributed by atoms with van der Waals surface area (Å²) >= 11 is 0. The summed E-state index contributed by atoms with van der Waals surface area (Å²) in [5.41, 5.74) is 3.65. The standard InChI is InChI=1S/C25H28N4O2/c1-2-18(20-13-21(30-28-20)16-4-5-16)12-19(3-1)26-15-24-8-10-25(14-24,11-9-24)23-27-22(29-31-23)17-6-7-17/h1-3,12-13,16-17,26H,4-11,14-15H2. The van der Waals surface area contributed by atoms with E-state index in [1.54, 1.807) is 0 Å². The van der Waals surface area contributed by atoms with Gasteiger partial charge in [0.15, 0.2) is 5.82 Å². The smallest absolute Gasteiger partial charge is 0.232 e. The fourth-order valence-electron chi connectivity index (χ4n) is 5.88. The molecule has 0 aliphatic heterocycles. The molecule has 2 bridgehead atoms. The van der Waals surface area contributed by atoms with Crippen LogP contribution in [0.25, 0.3) is 11.3 Å². The van der Waals surface area contributed by atoms with E-state index < -0.39 is 0 Å². The summed E-state index contributed by atoms with van der Waals surface area (Å²) in [7, 11) is 0. The number of benzene rings is 1. The van der Waals surface area contributed by atoms with Crippen LogP contribution in [-0.4, -0.2) is 21.8 Å². The number of hydrogen-bond donors (Lipinski definition) is 1. The summed E-state index contributed by atoms with van der Waals surface area (Å²) in [6, 6.07) is 10.7. The van der Waals surface area contributed by atoms with Crippen LogP contribution in [0.2, 0.25) is 0 Å². The van der Waals surface area contributed by atoms with Gasteiger partial charge in [-0.3, -0.25) is 0 Å². The lowest BCUT2D eigenvalue weighted by Gasteiger charge is -2.27. The Bertz CT molecular complexity index is 1120. The third-order valence-electron chi connectivity index (χ3n) is 8.15. The molecular weight excluding hydrogens is 388 g/mol. The molecule has 3 aromatic rings. The number of hydrogen-bond acceptors (Lipinski definition) is 6. The quantitative estimate of drug-likeness (QED) is 0.525. The topological polar surface area (TPSA) is 77.0 Å². The number of nitrogens with zero attached hydrogens (tertiary/aromatic N) is 3. The third-order valence-corrected chi connectivity index (χ3v) is 8.15. The van der Waals surface area contributed by atoms with Crippen molar-refractivity contribution in [1.82, 2.24) is 15.3 Å². The molecule has 6 heteroatoms. The van der Waals surface area contributed by atoms with Crippen LogP contribution in [0.1, 0.15) is 87.1 Å². The summed E-state index contributed by atoms with van der Waals surface area (Å²) in [6.45, 7) is 0.994. The number of fused-ring (bicyclic) bond motifs is 2. The van der Waals surface area contributed by atoms with E-state index in [-0.39, 0.29) is 5.41 Å². The zero-order valence-electron chi connectivity index (χ0n) is 17.8. The second-order valence-corrected chi connectivity index (χ2v) is 10.5. The molecule has 4 fully saturated rings. The average Bonchev–Trinajstić information content (AvgIpc) is 3.64. The van der Waals surface area contributed by atoms with Gasteiger partial charge in [-0.05, 0) is 75.3 Å². The Hall–Kier alpha value is -2.63. The minimum absolute atomic E-state index is 0.115. The average molecular weight is 417 g/mol. The second kappa shape index (κ2) is 6.44. The Balaban J connectivity index is 1.05. The van der Waals surface area contributed by atoms with Crippen LogP contribution in [0.4, 0.5) is 5.69 Å². The summed E-state index contributed by atoms with van der Waals surface area (Å²) in [4.78, 5) is 4.82. The molecule has 0 saturated heterocycles. The van der Waals surface area contributed by atoms with Crippen molar-refractivity contribution in [3.8, 4) is 11.3 Å². The highest BCUT2D eigenvalue weighted by Gasteiger charge is 2.57. The first kappa shape index (κ1) is 18.0. The van der Waals surface area contributed by atoms with Gasteiger partial charge in [-0.2, -0.15) is 4.98 Å². The van der Waals surface area contributed by atoms with Crippen molar-refractivity contribution >= 4 is 5.69 Å². The molecule has 1 aromatic carbocycles. The van der Waals surface area contributed by atoms with Gasteiger partial charge in [-0.25, -0.2) is 0 Å². The Kier molecular flexibility index (Phi) is 3.74. The van der Waals surface area contributed by atoms with Gasteiger partial charge in [0.2, 0.25) is 5.89 Å². The van der Waals surface area contributed by atoms with Crippen molar-refractivity contribution in [3.63, 3.8) is 0 Å². The lowest BCUT2D eigenvalue weighted by Crippen LogP contribution is -2.24. The summed E-state index contributed by atoms with van der Waals surface area (Å²) in [6.07, 6.45) is 10.9. The van der Waals surface area contributed by atoms with Gasteiger partial charge < -0.3 is 14.4 Å². The van der Waals surface area contributed by atoms with Crippen molar-refractivity contribution in [2.75, 3.05) is 11.9 Å². The van der Waals surface area contributed by atoms with E-state index in [1.807, 2.05) is 0 Å². The van der Waals surface area contributed by atoms with Gasteiger partial charge in [-0.1, -0.05) is 22.4 Å². The van der Waals surface area contributed by atoms with E-state index in [1.165, 1.54) is 51.4 Å². The second-order valence-electron chi connectivity index (χ2n) is 10.5. The molecule has 4 saturated carbocycles. The molecule has 0 unspecified atom stereocenters. The number of nitrogens with one attached hydrogen (secondary N) is 1. The first-order valence-corrected chi connectivity index (χ1v) is 11.9. The normalized spacial score (nSPS) is 29.5. The van der Waals surface area contributed by atoms with Crippen molar-refractivity contribution < 1.29 is 9.05 Å². The number of aromatic nitrogens is 3. The van der Waals surface area contributed by atoms with Crippen molar-refractivity contribution in [1.29, 1.82) is 0 Å². The molecule has 4 aliphatic carbocycles. The van der Waals surface area contributed by atoms with Crippen LogP contribution in [0.3, 0.4) is 0 Å². The van der Waals surface area contributed by atoms with E-state index in [0.717, 1.165) is 47.4 Å². The Labute approximate surface area is 181 Å². The van der Waals surface area contributed by atoms with Crippen LogP contribution in [0.15, 0.2) is 39.4 Å². The van der Waals surface area contributed by atoms with E-state index >= 15 is 0 Å². The van der Waals surface area contributed by atoms with Gasteiger partial charge >= 0.3 is 0 Å². The zero-order chi connectivity index (χ0) is 20.5. The highest BCUT2D eigenvalue weighted by molar-refractivity contribution is 5.65. The van der Waals surface area contributed by atoms with Gasteiger partial charge in [-0.15, -0.1) is 0 Å². The summed E-state index contributed by atoms with van der Waals surface area (Å²) in [5.74, 6) is 4.03. The molecule has 160 valence electrons. The van der Waals surface area contributed by atoms with Crippen LogP contribution >= 0.6 is 0 Å². The number of rotatable bonds is 7. The molecular formula is C25H28N4O2. The summed E-state index contributed by atoms with van der Waals surface area (Å²) < 4.78 is 11.3. The highest BCUT2D eigenvalue weighted by Crippen LogP contribution is 2.62. The first-order chi connectivity index (χ1) is 15.2. The minimum Gasteiger partial charge on any atom is -0.384 e. The molecule has 0 spiro atoms. The zero-order valence-corrected chi connectivity index (χ0v) is 17.8. The van der Waals surface area contributed by atoms with Crippen LogP contribution < -0.4 is 5.32 Å². The molecule has 7 rings (SSSR count). The fourth-order valence-corrected chi connectivity index (χ4v) is 5.88. The monoisotopic (exact) mass is 416 g/mol. The van der Waals surface area contributed by atoms with Crippen molar-refractivity contribution in [3.05, 3.63) is 47.8 Å². The SMILES string of the molecule is c1cc(NCC23CCC(c4nc(C5CC5)no4)(CC2)C3)cc(-c2cc(C3CC3)on2)c1. The van der Waals surface area contributed by atoms with Gasteiger partial charge in [0.1, 0.15) is 11.5 Å². The molecule has 2 heterocycles. The Morgan fingerprint density at radius 3 is 2.58 bits per heavy atom. The van der Waals surface area contributed by atoms with E-state index in [2.05, 4.69) is 46.0 Å². The van der Waals surface area contributed by atoms with Crippen LogP contribution in [0.5, 0.6) is 0 Å². The Morgan fingerprint density at radius 2 is 1.77 bits per heavy atom. The molecule has 0 atom stereocenters. The highest BCUT2D eigenvalue weighted by atomic mass is 16.5. The van der Waals surface area contributed by atoms with Crippen molar-refractivity contribution in [2.45, 2.75) is 75.0 Å². The molecule has 31 heavy (non-hydrogen) atoms. The molecule has 1 N–H and O–H groups in total. The van der Waals surface area contributed by atoms with Crippen LogP contribution in [-0.2, 0) is 5.41 Å². The fraction of sp³-hybridized carbons (Fsp3) is 0.560. The van der Waals surface area contributed by atoms with Gasteiger partial charge in [0.05, 0.1) is 5.41 Å². The lowest BCUT2D eigenvalue weighted by atomic mass is 9.82. The van der Waals surface area contributed by atoms with Gasteiger partial charge in [0, 0.05) is 35.7 Å². The molecule has 0 amide bonds. The van der Waals surface area contributed by atoms with E-state index in [0.29, 0.717) is 17.3 Å². The van der Waals surface area contributed by atoms with E-state index in [9.17, 15) is 0 Å². The maximum atomic E-state index is 5.77. The molecule has 2 aromatic heterocycles. The maximum absolute atomic E-state index is 5.77. The maximum Gasteiger partial charge on any atom is 0.232 e. The van der Waals surface area contributed by atoms with Crippen molar-refractivity contribution in [2.24, 2.45) is 5.41 Å².